The van der Waals surface area contributed by atoms with Gasteiger partial charge < -0.3 is 25.2 Å². The van der Waals surface area contributed by atoms with Crippen LogP contribution in [0.5, 0.6) is 5.75 Å². The Labute approximate surface area is 122 Å². The van der Waals surface area contributed by atoms with Gasteiger partial charge in [0.15, 0.2) is 0 Å². The summed E-state index contributed by atoms with van der Waals surface area (Å²) in [5, 5.41) is 20.8. The van der Waals surface area contributed by atoms with Crippen molar-refractivity contribution in [2.24, 2.45) is 5.92 Å². The predicted molar refractivity (Wildman–Crippen MR) is 75.7 cm³/mol. The van der Waals surface area contributed by atoms with E-state index in [0.717, 1.165) is 6.42 Å². The molecule has 114 valence electrons. The van der Waals surface area contributed by atoms with Crippen LogP contribution in [0.1, 0.15) is 16.8 Å². The van der Waals surface area contributed by atoms with Crippen LogP contribution in [-0.4, -0.2) is 53.9 Å². The number of ether oxygens (including phenoxy) is 1. The van der Waals surface area contributed by atoms with Gasteiger partial charge in [-0.05, 0) is 18.6 Å². The molecule has 0 bridgehead atoms. The van der Waals surface area contributed by atoms with Gasteiger partial charge in [-0.15, -0.1) is 0 Å². The van der Waals surface area contributed by atoms with E-state index in [1.165, 1.54) is 25.3 Å². The minimum Gasteiger partial charge on any atom is -0.497 e. The summed E-state index contributed by atoms with van der Waals surface area (Å²) in [5.74, 6) is -0.576. The van der Waals surface area contributed by atoms with Crippen LogP contribution < -0.4 is 10.1 Å². The molecule has 0 aliphatic carbocycles. The van der Waals surface area contributed by atoms with Crippen LogP contribution in [0, 0.1) is 5.92 Å². The molecule has 1 atom stereocenters. The Bertz CT molecular complexity index is 546. The van der Waals surface area contributed by atoms with E-state index in [9.17, 15) is 9.59 Å². The minimum absolute atomic E-state index is 0.00190. The average molecular weight is 294 g/mol. The number of nitrogens with one attached hydrogen (secondary N) is 1. The lowest BCUT2D eigenvalue weighted by Gasteiger charge is -2.18. The number of rotatable bonds is 4. The molecule has 1 fully saturated rings. The zero-order chi connectivity index (χ0) is 15.4. The molecule has 0 radical (unpaired) electrons. The first-order chi connectivity index (χ1) is 10.0. The van der Waals surface area contributed by atoms with Gasteiger partial charge in [0, 0.05) is 31.7 Å². The Hall–Kier alpha value is -2.28. The molecule has 1 aliphatic rings. The summed E-state index contributed by atoms with van der Waals surface area (Å²) in [4.78, 5) is 24.9. The third kappa shape index (κ3) is 3.43. The van der Waals surface area contributed by atoms with E-state index in [1.807, 2.05) is 0 Å². The Morgan fingerprint density at radius 2 is 2.24 bits per heavy atom. The summed E-state index contributed by atoms with van der Waals surface area (Å²) in [6.45, 7) is 1.06. The van der Waals surface area contributed by atoms with E-state index >= 15 is 0 Å². The lowest BCUT2D eigenvalue weighted by molar-refractivity contribution is 0.0698. The maximum atomic E-state index is 12.2. The predicted octanol–water partition coefficient (Wildman–Crippen LogP) is 1.24. The molecule has 2 amide bonds. The molecule has 1 saturated heterocycles. The van der Waals surface area contributed by atoms with Crippen molar-refractivity contribution in [2.45, 2.75) is 6.42 Å². The number of carboxylic acids is 1. The minimum atomic E-state index is -1.12. The van der Waals surface area contributed by atoms with Crippen molar-refractivity contribution in [1.82, 2.24) is 4.90 Å². The van der Waals surface area contributed by atoms with Crippen LogP contribution in [0.15, 0.2) is 18.2 Å². The van der Waals surface area contributed by atoms with Crippen molar-refractivity contribution in [3.8, 4) is 5.75 Å². The fraction of sp³-hybridized carbons (Fsp3) is 0.429. The van der Waals surface area contributed by atoms with Gasteiger partial charge in [0.25, 0.3) is 0 Å². The number of aliphatic hydroxyl groups is 1. The smallest absolute Gasteiger partial charge is 0.337 e. The molecule has 3 N–H and O–H groups in total. The number of carboxylic acid groups (broad SMARTS) is 1. The molecule has 7 heteroatoms. The monoisotopic (exact) mass is 294 g/mol. The maximum Gasteiger partial charge on any atom is 0.337 e. The third-order valence-electron chi connectivity index (χ3n) is 3.53. The SMILES string of the molecule is COc1ccc(C(=O)O)c(NC(=O)N2CCC(CO)C2)c1. The summed E-state index contributed by atoms with van der Waals surface area (Å²) in [5.41, 5.74) is 0.196. The third-order valence-corrected chi connectivity index (χ3v) is 3.53. The zero-order valence-electron chi connectivity index (χ0n) is 11.7. The Kier molecular flexibility index (Phi) is 4.64. The maximum absolute atomic E-state index is 12.2. The summed E-state index contributed by atoms with van der Waals surface area (Å²) in [7, 11) is 1.47. The van der Waals surface area contributed by atoms with Gasteiger partial charge in [-0.3, -0.25) is 0 Å². The molecule has 1 aromatic carbocycles. The van der Waals surface area contributed by atoms with Crippen LogP contribution in [0.4, 0.5) is 10.5 Å². The Balaban J connectivity index is 2.14. The van der Waals surface area contributed by atoms with E-state index in [0.29, 0.717) is 18.8 Å². The topological polar surface area (TPSA) is 99.1 Å². The first-order valence-electron chi connectivity index (χ1n) is 6.63. The molecule has 21 heavy (non-hydrogen) atoms. The first-order valence-corrected chi connectivity index (χ1v) is 6.63. The average Bonchev–Trinajstić information content (AvgIpc) is 2.95. The number of methoxy groups -OCH3 is 1. The molecule has 0 saturated carbocycles. The number of aliphatic hydroxyl groups excluding tert-OH is 1. The number of urea groups is 1. The number of anilines is 1. The van der Waals surface area contributed by atoms with E-state index < -0.39 is 5.97 Å². The Morgan fingerprint density at radius 1 is 1.48 bits per heavy atom. The molecule has 1 aromatic rings. The fourth-order valence-corrected chi connectivity index (χ4v) is 2.30. The lowest BCUT2D eigenvalue weighted by atomic mass is 10.1. The van der Waals surface area contributed by atoms with Gasteiger partial charge in [0.1, 0.15) is 5.75 Å². The second kappa shape index (κ2) is 6.45. The molecule has 1 unspecified atom stereocenters. The van der Waals surface area contributed by atoms with Crippen molar-refractivity contribution >= 4 is 17.7 Å². The second-order valence-electron chi connectivity index (χ2n) is 4.93. The first kappa shape index (κ1) is 15.1. The van der Waals surface area contributed by atoms with Crippen molar-refractivity contribution < 1.29 is 24.5 Å². The van der Waals surface area contributed by atoms with Crippen LogP contribution in [0.25, 0.3) is 0 Å². The number of likely N-dealkylation sites (tertiary alicyclic amines) is 1. The molecular formula is C14H18N2O5. The highest BCUT2D eigenvalue weighted by Crippen LogP contribution is 2.24. The van der Waals surface area contributed by atoms with Crippen LogP contribution in [0.3, 0.4) is 0 Å². The molecule has 2 rings (SSSR count). The quantitative estimate of drug-likeness (QED) is 0.776. The zero-order valence-corrected chi connectivity index (χ0v) is 11.7. The molecule has 1 aliphatic heterocycles. The lowest BCUT2D eigenvalue weighted by Crippen LogP contribution is -2.33. The van der Waals surface area contributed by atoms with Gasteiger partial charge >= 0.3 is 12.0 Å². The normalized spacial score (nSPS) is 17.6. The van der Waals surface area contributed by atoms with Crippen molar-refractivity contribution in [2.75, 3.05) is 32.1 Å². The molecular weight excluding hydrogens is 276 g/mol. The van der Waals surface area contributed by atoms with Crippen molar-refractivity contribution in [1.29, 1.82) is 0 Å². The van der Waals surface area contributed by atoms with E-state index in [4.69, 9.17) is 14.9 Å². The largest absolute Gasteiger partial charge is 0.497 e. The standard InChI is InChI=1S/C14H18N2O5/c1-21-10-2-3-11(13(18)19)12(6-10)15-14(20)16-5-4-9(7-16)8-17/h2-3,6,9,17H,4-5,7-8H2,1H3,(H,15,20)(H,18,19). The number of hydrogen-bond donors (Lipinski definition) is 3. The number of amides is 2. The molecule has 0 aromatic heterocycles. The fourth-order valence-electron chi connectivity index (χ4n) is 2.30. The Morgan fingerprint density at radius 3 is 2.81 bits per heavy atom. The van der Waals surface area contributed by atoms with Gasteiger partial charge in [0.05, 0.1) is 18.4 Å². The van der Waals surface area contributed by atoms with Gasteiger partial charge in [-0.2, -0.15) is 0 Å². The number of aromatic carboxylic acids is 1. The van der Waals surface area contributed by atoms with Crippen molar-refractivity contribution in [3.05, 3.63) is 23.8 Å². The van der Waals surface area contributed by atoms with Gasteiger partial charge in [-0.25, -0.2) is 9.59 Å². The summed E-state index contributed by atoms with van der Waals surface area (Å²) in [6, 6.07) is 4.01. The highest BCUT2D eigenvalue weighted by Gasteiger charge is 2.26. The number of carbonyl (C=O) groups excluding carboxylic acids is 1. The van der Waals surface area contributed by atoms with E-state index in [-0.39, 0.29) is 29.8 Å². The van der Waals surface area contributed by atoms with Crippen LogP contribution in [-0.2, 0) is 0 Å². The van der Waals surface area contributed by atoms with Crippen LogP contribution >= 0.6 is 0 Å². The molecule has 7 nitrogen and oxygen atoms in total. The summed E-state index contributed by atoms with van der Waals surface area (Å²) in [6.07, 6.45) is 0.744. The van der Waals surface area contributed by atoms with Gasteiger partial charge in [0.2, 0.25) is 0 Å². The number of nitrogens with zero attached hydrogens (tertiary/aromatic N) is 1. The summed E-state index contributed by atoms with van der Waals surface area (Å²) < 4.78 is 5.04. The molecule has 1 heterocycles. The van der Waals surface area contributed by atoms with E-state index in [2.05, 4.69) is 5.32 Å². The molecule has 0 spiro atoms. The number of hydrogen-bond acceptors (Lipinski definition) is 4. The van der Waals surface area contributed by atoms with Crippen LogP contribution in [0.2, 0.25) is 0 Å². The number of carbonyl (C=O) groups is 2. The number of benzene rings is 1. The van der Waals surface area contributed by atoms with Gasteiger partial charge in [-0.1, -0.05) is 0 Å². The second-order valence-corrected chi connectivity index (χ2v) is 4.93. The highest BCUT2D eigenvalue weighted by molar-refractivity contribution is 6.00. The highest BCUT2D eigenvalue weighted by atomic mass is 16.5. The van der Waals surface area contributed by atoms with Crippen molar-refractivity contribution in [3.63, 3.8) is 0 Å². The van der Waals surface area contributed by atoms with E-state index in [1.54, 1.807) is 4.90 Å². The summed E-state index contributed by atoms with van der Waals surface area (Å²) >= 11 is 0.